The molecule has 0 spiro atoms. The molecule has 0 aliphatic rings. The zero-order chi connectivity index (χ0) is 15.0. The van der Waals surface area contributed by atoms with Crippen LogP contribution in [0.15, 0.2) is 18.2 Å². The predicted octanol–water partition coefficient (Wildman–Crippen LogP) is 3.51. The Morgan fingerprint density at radius 3 is 2.80 bits per heavy atom. The Labute approximate surface area is 124 Å². The largest absolute Gasteiger partial charge is 0.495 e. The molecule has 0 heterocycles. The summed E-state index contributed by atoms with van der Waals surface area (Å²) in [4.78, 5) is 11.4. The van der Waals surface area contributed by atoms with Crippen molar-refractivity contribution >= 4 is 17.6 Å². The lowest BCUT2D eigenvalue weighted by Crippen LogP contribution is -2.08. The van der Waals surface area contributed by atoms with E-state index in [2.05, 4.69) is 0 Å². The molecular formula is C15H21ClO4. The molecule has 0 fully saturated rings. The number of hydrogen-bond donors (Lipinski definition) is 1. The molecule has 1 aromatic rings. The SMILES string of the molecule is CCCCOC(=O)CCC(O)c1ccc(OC)c(Cl)c1. The number of rotatable bonds is 8. The summed E-state index contributed by atoms with van der Waals surface area (Å²) >= 11 is 5.99. The van der Waals surface area contributed by atoms with Gasteiger partial charge in [0.1, 0.15) is 5.75 Å². The number of carbonyl (C=O) groups excluding carboxylic acids is 1. The summed E-state index contributed by atoms with van der Waals surface area (Å²) < 4.78 is 10.1. The maximum atomic E-state index is 11.4. The van der Waals surface area contributed by atoms with E-state index in [4.69, 9.17) is 21.1 Å². The lowest BCUT2D eigenvalue weighted by atomic mass is 10.0. The van der Waals surface area contributed by atoms with Crippen LogP contribution in [-0.2, 0) is 9.53 Å². The van der Waals surface area contributed by atoms with E-state index in [-0.39, 0.29) is 12.4 Å². The first-order valence-electron chi connectivity index (χ1n) is 6.75. The van der Waals surface area contributed by atoms with Crippen molar-refractivity contribution < 1.29 is 19.4 Å². The lowest BCUT2D eigenvalue weighted by molar-refractivity contribution is -0.144. The molecule has 1 unspecified atom stereocenters. The molecule has 1 rings (SSSR count). The first kappa shape index (κ1) is 16.8. The molecule has 1 atom stereocenters. The van der Waals surface area contributed by atoms with E-state index >= 15 is 0 Å². The fourth-order valence-electron chi connectivity index (χ4n) is 1.71. The summed E-state index contributed by atoms with van der Waals surface area (Å²) in [6.45, 7) is 2.48. The standard InChI is InChI=1S/C15H21ClO4/c1-3-4-9-20-15(18)8-6-13(17)11-5-7-14(19-2)12(16)10-11/h5,7,10,13,17H,3-4,6,8-9H2,1-2H3. The maximum Gasteiger partial charge on any atom is 0.305 e. The van der Waals surface area contributed by atoms with Crippen molar-refractivity contribution in [2.45, 2.75) is 38.7 Å². The van der Waals surface area contributed by atoms with E-state index in [9.17, 15) is 9.90 Å². The molecule has 0 aromatic heterocycles. The van der Waals surface area contributed by atoms with Crippen molar-refractivity contribution in [1.82, 2.24) is 0 Å². The Balaban J connectivity index is 2.44. The highest BCUT2D eigenvalue weighted by Crippen LogP contribution is 2.29. The van der Waals surface area contributed by atoms with Crippen LogP contribution in [0.4, 0.5) is 0 Å². The minimum absolute atomic E-state index is 0.189. The van der Waals surface area contributed by atoms with E-state index < -0.39 is 6.10 Å². The van der Waals surface area contributed by atoms with Gasteiger partial charge in [-0.25, -0.2) is 0 Å². The number of halogens is 1. The van der Waals surface area contributed by atoms with Crippen molar-refractivity contribution in [3.8, 4) is 5.75 Å². The van der Waals surface area contributed by atoms with Gasteiger partial charge in [-0.3, -0.25) is 4.79 Å². The number of esters is 1. The van der Waals surface area contributed by atoms with Crippen molar-refractivity contribution in [2.75, 3.05) is 13.7 Å². The lowest BCUT2D eigenvalue weighted by Gasteiger charge is -2.12. The zero-order valence-electron chi connectivity index (χ0n) is 11.9. The van der Waals surface area contributed by atoms with Gasteiger partial charge in [0.25, 0.3) is 0 Å². The van der Waals surface area contributed by atoms with E-state index in [1.807, 2.05) is 6.92 Å². The molecule has 0 bridgehead atoms. The second-order valence-corrected chi connectivity index (χ2v) is 4.93. The fourth-order valence-corrected chi connectivity index (χ4v) is 1.98. The molecule has 0 amide bonds. The summed E-state index contributed by atoms with van der Waals surface area (Å²) in [5, 5.41) is 10.5. The van der Waals surface area contributed by atoms with Gasteiger partial charge in [0, 0.05) is 6.42 Å². The summed E-state index contributed by atoms with van der Waals surface area (Å²) in [6, 6.07) is 5.08. The van der Waals surface area contributed by atoms with Gasteiger partial charge in [-0.05, 0) is 30.5 Å². The number of aliphatic hydroxyl groups excluding tert-OH is 1. The molecular weight excluding hydrogens is 280 g/mol. The highest BCUT2D eigenvalue weighted by Gasteiger charge is 2.13. The molecule has 1 aromatic carbocycles. The van der Waals surface area contributed by atoms with E-state index in [1.165, 1.54) is 7.11 Å². The zero-order valence-corrected chi connectivity index (χ0v) is 12.7. The number of unbranched alkanes of at least 4 members (excludes halogenated alkanes) is 1. The summed E-state index contributed by atoms with van der Waals surface area (Å²) in [5.74, 6) is 0.277. The van der Waals surface area contributed by atoms with Gasteiger partial charge in [0.15, 0.2) is 0 Å². The van der Waals surface area contributed by atoms with Crippen LogP contribution in [0.2, 0.25) is 5.02 Å². The Morgan fingerprint density at radius 1 is 1.45 bits per heavy atom. The van der Waals surface area contributed by atoms with Gasteiger partial charge in [0.2, 0.25) is 0 Å². The second-order valence-electron chi connectivity index (χ2n) is 4.52. The van der Waals surface area contributed by atoms with Crippen molar-refractivity contribution in [1.29, 1.82) is 0 Å². The van der Waals surface area contributed by atoms with Crippen LogP contribution in [0.25, 0.3) is 0 Å². The molecule has 1 N–H and O–H groups in total. The van der Waals surface area contributed by atoms with Crippen LogP contribution in [0, 0.1) is 0 Å². The van der Waals surface area contributed by atoms with Crippen molar-refractivity contribution in [3.05, 3.63) is 28.8 Å². The van der Waals surface area contributed by atoms with Crippen LogP contribution >= 0.6 is 11.6 Å². The maximum absolute atomic E-state index is 11.4. The predicted molar refractivity (Wildman–Crippen MR) is 78.1 cm³/mol. The summed E-state index contributed by atoms with van der Waals surface area (Å²) in [5.41, 5.74) is 0.664. The number of benzene rings is 1. The average molecular weight is 301 g/mol. The van der Waals surface area contributed by atoms with Crippen LogP contribution in [0.5, 0.6) is 5.75 Å². The van der Waals surface area contributed by atoms with Crippen LogP contribution in [0.3, 0.4) is 0 Å². The highest BCUT2D eigenvalue weighted by molar-refractivity contribution is 6.32. The van der Waals surface area contributed by atoms with E-state index in [1.54, 1.807) is 18.2 Å². The number of ether oxygens (including phenoxy) is 2. The molecule has 0 radical (unpaired) electrons. The number of aliphatic hydroxyl groups is 1. The van der Waals surface area contributed by atoms with Gasteiger partial charge in [-0.1, -0.05) is 31.0 Å². The van der Waals surface area contributed by atoms with Gasteiger partial charge in [-0.15, -0.1) is 0 Å². The smallest absolute Gasteiger partial charge is 0.305 e. The Hall–Kier alpha value is -1.26. The number of methoxy groups -OCH3 is 1. The van der Waals surface area contributed by atoms with Crippen LogP contribution in [-0.4, -0.2) is 24.8 Å². The van der Waals surface area contributed by atoms with Crippen molar-refractivity contribution in [3.63, 3.8) is 0 Å². The number of carbonyl (C=O) groups is 1. The van der Waals surface area contributed by atoms with Crippen molar-refractivity contribution in [2.24, 2.45) is 0 Å². The Bertz CT molecular complexity index is 434. The third-order valence-electron chi connectivity index (χ3n) is 2.94. The molecule has 4 nitrogen and oxygen atoms in total. The molecule has 0 aliphatic carbocycles. The minimum Gasteiger partial charge on any atom is -0.495 e. The topological polar surface area (TPSA) is 55.8 Å². The molecule has 20 heavy (non-hydrogen) atoms. The minimum atomic E-state index is -0.739. The Morgan fingerprint density at radius 2 is 2.20 bits per heavy atom. The molecule has 5 heteroatoms. The molecule has 0 saturated carbocycles. The average Bonchev–Trinajstić information content (AvgIpc) is 2.45. The van der Waals surface area contributed by atoms with E-state index in [0.717, 1.165) is 12.8 Å². The quantitative estimate of drug-likeness (QED) is 0.589. The third-order valence-corrected chi connectivity index (χ3v) is 3.24. The first-order valence-corrected chi connectivity index (χ1v) is 7.13. The number of hydrogen-bond acceptors (Lipinski definition) is 4. The molecule has 0 saturated heterocycles. The van der Waals surface area contributed by atoms with Gasteiger partial charge >= 0.3 is 5.97 Å². The van der Waals surface area contributed by atoms with Gasteiger partial charge in [0.05, 0.1) is 24.8 Å². The summed E-state index contributed by atoms with van der Waals surface area (Å²) in [6.07, 6.45) is 1.61. The summed E-state index contributed by atoms with van der Waals surface area (Å²) in [7, 11) is 1.53. The van der Waals surface area contributed by atoms with Gasteiger partial charge < -0.3 is 14.6 Å². The highest BCUT2D eigenvalue weighted by atomic mass is 35.5. The first-order chi connectivity index (χ1) is 9.58. The fraction of sp³-hybridized carbons (Fsp3) is 0.533. The molecule has 0 aliphatic heterocycles. The molecule has 112 valence electrons. The van der Waals surface area contributed by atoms with E-state index in [0.29, 0.717) is 29.4 Å². The monoisotopic (exact) mass is 300 g/mol. The van der Waals surface area contributed by atoms with Gasteiger partial charge in [-0.2, -0.15) is 0 Å². The normalized spacial score (nSPS) is 12.0. The van der Waals surface area contributed by atoms with Crippen LogP contribution in [0.1, 0.15) is 44.3 Å². The third kappa shape index (κ3) is 5.39. The Kier molecular flexibility index (Phi) is 7.41. The second kappa shape index (κ2) is 8.82. The van der Waals surface area contributed by atoms with Crippen LogP contribution < -0.4 is 4.74 Å².